The summed E-state index contributed by atoms with van der Waals surface area (Å²) in [5.74, 6) is 2.88. The van der Waals surface area contributed by atoms with Gasteiger partial charge in [-0.15, -0.1) is 0 Å². The molecule has 4 rings (SSSR count). The molecule has 0 aliphatic carbocycles. The van der Waals surface area contributed by atoms with Gasteiger partial charge in [-0.2, -0.15) is 0 Å². The van der Waals surface area contributed by atoms with Crippen molar-refractivity contribution in [3.05, 3.63) is 59.7 Å². The Hall–Kier alpha value is -2.53. The van der Waals surface area contributed by atoms with E-state index in [4.69, 9.17) is 9.47 Å². The molecule has 166 valence electrons. The van der Waals surface area contributed by atoms with Gasteiger partial charge in [0, 0.05) is 50.0 Å². The normalized spacial score (nSPS) is 23.6. The van der Waals surface area contributed by atoms with E-state index in [1.807, 2.05) is 32.0 Å². The molecular formula is C26H34N2O3. The Kier molecular flexibility index (Phi) is 6.51. The number of piperidine rings is 1. The molecule has 0 N–H and O–H groups in total. The third-order valence-electron chi connectivity index (χ3n) is 6.88. The molecule has 2 aliphatic heterocycles. The van der Waals surface area contributed by atoms with E-state index in [0.29, 0.717) is 17.9 Å². The summed E-state index contributed by atoms with van der Waals surface area (Å²) in [5.41, 5.74) is 2.57. The van der Waals surface area contributed by atoms with Crippen molar-refractivity contribution in [3.63, 3.8) is 0 Å². The summed E-state index contributed by atoms with van der Waals surface area (Å²) in [6.07, 6.45) is 1.03. The zero-order valence-electron chi connectivity index (χ0n) is 19.1. The van der Waals surface area contributed by atoms with E-state index in [2.05, 4.69) is 40.1 Å². The zero-order chi connectivity index (χ0) is 22.0. The Morgan fingerprint density at radius 2 is 1.77 bits per heavy atom. The van der Waals surface area contributed by atoms with Gasteiger partial charge in [0.2, 0.25) is 5.91 Å². The lowest BCUT2D eigenvalue weighted by molar-refractivity contribution is -0.136. The third-order valence-corrected chi connectivity index (χ3v) is 6.88. The van der Waals surface area contributed by atoms with E-state index in [9.17, 15) is 4.79 Å². The number of benzene rings is 2. The largest absolute Gasteiger partial charge is 0.497 e. The summed E-state index contributed by atoms with van der Waals surface area (Å²) >= 11 is 0. The first-order chi connectivity index (χ1) is 15.0. The highest BCUT2D eigenvalue weighted by molar-refractivity contribution is 5.79. The number of amides is 1. The molecule has 31 heavy (non-hydrogen) atoms. The maximum absolute atomic E-state index is 13.0. The summed E-state index contributed by atoms with van der Waals surface area (Å²) in [6.45, 7) is 7.75. The lowest BCUT2D eigenvalue weighted by Gasteiger charge is -2.39. The Labute approximate surface area is 185 Å². The van der Waals surface area contributed by atoms with Gasteiger partial charge in [0.1, 0.15) is 11.5 Å². The van der Waals surface area contributed by atoms with Gasteiger partial charge in [-0.3, -0.25) is 9.69 Å². The third kappa shape index (κ3) is 4.57. The first-order valence-corrected chi connectivity index (χ1v) is 11.3. The minimum absolute atomic E-state index is 0.0325. The summed E-state index contributed by atoms with van der Waals surface area (Å²) < 4.78 is 10.7. The number of carbonyl (C=O) groups excluding carboxylic acids is 1. The Balaban J connectivity index is 1.56. The predicted molar refractivity (Wildman–Crippen MR) is 122 cm³/mol. The number of nitrogens with zero attached hydrogens (tertiary/aromatic N) is 2. The van der Waals surface area contributed by atoms with Crippen LogP contribution in [0.15, 0.2) is 48.5 Å². The molecule has 0 spiro atoms. The van der Waals surface area contributed by atoms with Crippen LogP contribution >= 0.6 is 0 Å². The van der Waals surface area contributed by atoms with Crippen LogP contribution in [0.1, 0.15) is 37.3 Å². The maximum Gasteiger partial charge on any atom is 0.225 e. The van der Waals surface area contributed by atoms with Crippen LogP contribution in [0.4, 0.5) is 0 Å². The number of hydrogen-bond acceptors (Lipinski definition) is 4. The number of ether oxygens (including phenoxy) is 2. The molecule has 5 heteroatoms. The fourth-order valence-corrected chi connectivity index (χ4v) is 5.27. The lowest BCUT2D eigenvalue weighted by Crippen LogP contribution is -2.48. The molecule has 3 atom stereocenters. The molecule has 2 heterocycles. The van der Waals surface area contributed by atoms with Crippen molar-refractivity contribution in [2.45, 2.75) is 38.8 Å². The standard InChI is InChI=1S/C26H34N2O3/c1-18(2)26(29)28-17-23(20-8-10-21(30-3)11-9-20)24-16-27(13-12-25(24)28)15-19-6-5-7-22(14-19)31-4/h5-11,14,18,23-25H,12-13,15-17H2,1-4H3/t23-,24-,25-/m0/s1. The summed E-state index contributed by atoms with van der Waals surface area (Å²) in [6, 6.07) is 17.1. The number of methoxy groups -OCH3 is 2. The molecule has 2 fully saturated rings. The van der Waals surface area contributed by atoms with Gasteiger partial charge in [-0.25, -0.2) is 0 Å². The van der Waals surface area contributed by atoms with Gasteiger partial charge in [0.25, 0.3) is 0 Å². The van der Waals surface area contributed by atoms with E-state index < -0.39 is 0 Å². The van der Waals surface area contributed by atoms with Crippen LogP contribution in [-0.4, -0.2) is 55.6 Å². The molecule has 2 aromatic rings. The second-order valence-electron chi connectivity index (χ2n) is 9.13. The van der Waals surface area contributed by atoms with Gasteiger partial charge in [0.05, 0.1) is 14.2 Å². The number of fused-ring (bicyclic) bond motifs is 1. The molecule has 2 aromatic carbocycles. The maximum atomic E-state index is 13.0. The van der Waals surface area contributed by atoms with E-state index in [0.717, 1.165) is 44.1 Å². The molecule has 2 aliphatic rings. The molecule has 2 saturated heterocycles. The van der Waals surface area contributed by atoms with E-state index >= 15 is 0 Å². The SMILES string of the molecule is COc1ccc([C@@H]2CN(C(=O)C(C)C)[C@H]3CCN(Cc4cccc(OC)c4)C[C@@H]23)cc1. The number of likely N-dealkylation sites (tertiary alicyclic amines) is 2. The van der Waals surface area contributed by atoms with Crippen LogP contribution in [-0.2, 0) is 11.3 Å². The minimum Gasteiger partial charge on any atom is -0.497 e. The lowest BCUT2D eigenvalue weighted by atomic mass is 9.81. The molecule has 0 unspecified atom stereocenters. The molecule has 1 amide bonds. The minimum atomic E-state index is 0.0325. The molecular weight excluding hydrogens is 388 g/mol. The van der Waals surface area contributed by atoms with Crippen molar-refractivity contribution in [2.75, 3.05) is 33.9 Å². The highest BCUT2D eigenvalue weighted by atomic mass is 16.5. The van der Waals surface area contributed by atoms with Gasteiger partial charge >= 0.3 is 0 Å². The van der Waals surface area contributed by atoms with Crippen molar-refractivity contribution in [1.29, 1.82) is 0 Å². The molecule has 0 radical (unpaired) electrons. The predicted octanol–water partition coefficient (Wildman–Crippen LogP) is 4.18. The van der Waals surface area contributed by atoms with Crippen LogP contribution < -0.4 is 9.47 Å². The second kappa shape index (κ2) is 9.31. The van der Waals surface area contributed by atoms with Crippen molar-refractivity contribution >= 4 is 5.91 Å². The summed E-state index contributed by atoms with van der Waals surface area (Å²) in [4.78, 5) is 17.7. The number of hydrogen-bond donors (Lipinski definition) is 0. The van der Waals surface area contributed by atoms with Gasteiger partial charge in [0.15, 0.2) is 0 Å². The zero-order valence-corrected chi connectivity index (χ0v) is 19.1. The smallest absolute Gasteiger partial charge is 0.225 e. The van der Waals surface area contributed by atoms with Crippen LogP contribution in [0.3, 0.4) is 0 Å². The number of carbonyl (C=O) groups is 1. The summed E-state index contributed by atoms with van der Waals surface area (Å²) in [5, 5.41) is 0. The van der Waals surface area contributed by atoms with Crippen LogP contribution in [0, 0.1) is 11.8 Å². The van der Waals surface area contributed by atoms with Crippen molar-refractivity contribution in [3.8, 4) is 11.5 Å². The highest BCUT2D eigenvalue weighted by Gasteiger charge is 2.47. The van der Waals surface area contributed by atoms with Crippen molar-refractivity contribution < 1.29 is 14.3 Å². The van der Waals surface area contributed by atoms with E-state index in [1.165, 1.54) is 11.1 Å². The quantitative estimate of drug-likeness (QED) is 0.701. The molecule has 5 nitrogen and oxygen atoms in total. The summed E-state index contributed by atoms with van der Waals surface area (Å²) in [7, 11) is 3.41. The van der Waals surface area contributed by atoms with Crippen LogP contribution in [0.5, 0.6) is 11.5 Å². The van der Waals surface area contributed by atoms with Gasteiger partial charge in [-0.05, 0) is 41.8 Å². The Morgan fingerprint density at radius 1 is 1.03 bits per heavy atom. The second-order valence-corrected chi connectivity index (χ2v) is 9.13. The fourth-order valence-electron chi connectivity index (χ4n) is 5.27. The van der Waals surface area contributed by atoms with Crippen molar-refractivity contribution in [1.82, 2.24) is 9.80 Å². The average Bonchev–Trinajstić information content (AvgIpc) is 3.17. The van der Waals surface area contributed by atoms with Crippen LogP contribution in [0.2, 0.25) is 0 Å². The first-order valence-electron chi connectivity index (χ1n) is 11.3. The van der Waals surface area contributed by atoms with E-state index in [1.54, 1.807) is 14.2 Å². The molecule has 0 bridgehead atoms. The molecule has 0 aromatic heterocycles. The van der Waals surface area contributed by atoms with Crippen molar-refractivity contribution in [2.24, 2.45) is 11.8 Å². The van der Waals surface area contributed by atoms with E-state index in [-0.39, 0.29) is 11.8 Å². The molecule has 0 saturated carbocycles. The fraction of sp³-hybridized carbons (Fsp3) is 0.500. The Morgan fingerprint density at radius 3 is 2.45 bits per heavy atom. The Bertz CT molecular complexity index is 896. The monoisotopic (exact) mass is 422 g/mol. The number of rotatable bonds is 6. The van der Waals surface area contributed by atoms with Gasteiger partial charge < -0.3 is 14.4 Å². The van der Waals surface area contributed by atoms with Crippen LogP contribution in [0.25, 0.3) is 0 Å². The average molecular weight is 423 g/mol. The topological polar surface area (TPSA) is 42.0 Å². The van der Waals surface area contributed by atoms with Gasteiger partial charge in [-0.1, -0.05) is 38.1 Å². The first kappa shape index (κ1) is 21.7. The highest BCUT2D eigenvalue weighted by Crippen LogP contribution is 2.42.